The van der Waals surface area contributed by atoms with Crippen molar-refractivity contribution >= 4 is 18.1 Å². The lowest BCUT2D eigenvalue weighted by molar-refractivity contribution is 0.0734. The van der Waals surface area contributed by atoms with Gasteiger partial charge in [0, 0.05) is 12.4 Å². The number of aromatic nitrogens is 1. The fraction of sp³-hybridized carbons (Fsp3) is 0.0385. The SMILES string of the molecule is COc1ccc(C(=O)Oc2ccc(/C=N/NC(=O)c3ccccc3-n3cccc3)cc2)cc1. The zero-order valence-electron chi connectivity index (χ0n) is 17.8. The Kier molecular flexibility index (Phi) is 6.61. The van der Waals surface area contributed by atoms with E-state index in [0.717, 1.165) is 11.3 Å². The van der Waals surface area contributed by atoms with Gasteiger partial charge in [0.25, 0.3) is 5.91 Å². The molecule has 1 N–H and O–H groups in total. The third-order valence-corrected chi connectivity index (χ3v) is 4.83. The van der Waals surface area contributed by atoms with Gasteiger partial charge in [0.15, 0.2) is 0 Å². The number of ether oxygens (including phenoxy) is 2. The van der Waals surface area contributed by atoms with Crippen LogP contribution in [0.5, 0.6) is 11.5 Å². The predicted molar refractivity (Wildman–Crippen MR) is 125 cm³/mol. The number of amides is 1. The maximum Gasteiger partial charge on any atom is 0.343 e. The Hall–Kier alpha value is -4.65. The number of hydrogen-bond donors (Lipinski definition) is 1. The Morgan fingerprint density at radius 3 is 2.21 bits per heavy atom. The van der Waals surface area contributed by atoms with Crippen LogP contribution in [0.1, 0.15) is 26.3 Å². The lowest BCUT2D eigenvalue weighted by Gasteiger charge is -2.09. The number of nitrogens with zero attached hydrogens (tertiary/aromatic N) is 2. The van der Waals surface area contributed by atoms with Crippen LogP contribution in [0.2, 0.25) is 0 Å². The molecule has 0 radical (unpaired) electrons. The van der Waals surface area contributed by atoms with E-state index in [2.05, 4.69) is 10.5 Å². The first kappa shape index (κ1) is 21.6. The summed E-state index contributed by atoms with van der Waals surface area (Å²) in [6.45, 7) is 0. The summed E-state index contributed by atoms with van der Waals surface area (Å²) in [5, 5.41) is 4.04. The minimum Gasteiger partial charge on any atom is -0.497 e. The second-order valence-corrected chi connectivity index (χ2v) is 6.99. The Balaban J connectivity index is 1.36. The van der Waals surface area contributed by atoms with Crippen LogP contribution in [0.25, 0.3) is 5.69 Å². The van der Waals surface area contributed by atoms with Gasteiger partial charge >= 0.3 is 5.97 Å². The minimum absolute atomic E-state index is 0.319. The fourth-order valence-corrected chi connectivity index (χ4v) is 3.13. The van der Waals surface area contributed by atoms with Gasteiger partial charge in [-0.2, -0.15) is 5.10 Å². The number of esters is 1. The highest BCUT2D eigenvalue weighted by Crippen LogP contribution is 2.17. The number of carbonyl (C=O) groups is 2. The molecule has 0 aliphatic rings. The van der Waals surface area contributed by atoms with Crippen LogP contribution >= 0.6 is 0 Å². The highest BCUT2D eigenvalue weighted by molar-refractivity contribution is 5.98. The van der Waals surface area contributed by atoms with Crippen molar-refractivity contribution in [3.8, 4) is 17.2 Å². The topological polar surface area (TPSA) is 81.9 Å². The molecule has 0 unspecified atom stereocenters. The molecule has 4 rings (SSSR count). The zero-order valence-corrected chi connectivity index (χ0v) is 17.8. The monoisotopic (exact) mass is 439 g/mol. The Morgan fingerprint density at radius 1 is 0.848 bits per heavy atom. The third-order valence-electron chi connectivity index (χ3n) is 4.83. The van der Waals surface area contributed by atoms with E-state index in [0.29, 0.717) is 22.6 Å². The van der Waals surface area contributed by atoms with Gasteiger partial charge in [0.1, 0.15) is 11.5 Å². The predicted octanol–water partition coefficient (Wildman–Crippen LogP) is 4.47. The molecule has 7 heteroatoms. The van der Waals surface area contributed by atoms with Crippen LogP contribution in [0.15, 0.2) is 102 Å². The second-order valence-electron chi connectivity index (χ2n) is 6.99. The van der Waals surface area contributed by atoms with Crippen molar-refractivity contribution in [1.82, 2.24) is 9.99 Å². The molecule has 0 aliphatic heterocycles. The maximum absolute atomic E-state index is 12.6. The van der Waals surface area contributed by atoms with Gasteiger partial charge in [-0.1, -0.05) is 12.1 Å². The molecule has 0 aliphatic carbocycles. The minimum atomic E-state index is -0.465. The van der Waals surface area contributed by atoms with Crippen molar-refractivity contribution < 1.29 is 19.1 Å². The fourth-order valence-electron chi connectivity index (χ4n) is 3.13. The summed E-state index contributed by atoms with van der Waals surface area (Å²) >= 11 is 0. The summed E-state index contributed by atoms with van der Waals surface area (Å²) in [7, 11) is 1.56. The number of hydrogen-bond acceptors (Lipinski definition) is 5. The van der Waals surface area contributed by atoms with Gasteiger partial charge in [-0.05, 0) is 78.4 Å². The normalized spacial score (nSPS) is 10.7. The highest BCUT2D eigenvalue weighted by atomic mass is 16.5. The van der Waals surface area contributed by atoms with Gasteiger partial charge in [0.05, 0.1) is 30.1 Å². The molecular weight excluding hydrogens is 418 g/mol. The van der Waals surface area contributed by atoms with E-state index in [1.54, 1.807) is 67.8 Å². The molecule has 0 atom stereocenters. The number of rotatable bonds is 7. The number of carbonyl (C=O) groups excluding carboxylic acids is 2. The molecule has 33 heavy (non-hydrogen) atoms. The van der Waals surface area contributed by atoms with Crippen LogP contribution in [0, 0.1) is 0 Å². The van der Waals surface area contributed by atoms with E-state index in [4.69, 9.17) is 9.47 Å². The molecule has 0 bridgehead atoms. The molecule has 1 heterocycles. The Morgan fingerprint density at radius 2 is 1.52 bits per heavy atom. The van der Waals surface area contributed by atoms with Crippen LogP contribution < -0.4 is 14.9 Å². The number of hydrazone groups is 1. The van der Waals surface area contributed by atoms with Gasteiger partial charge < -0.3 is 14.0 Å². The maximum atomic E-state index is 12.6. The van der Waals surface area contributed by atoms with Gasteiger partial charge in [-0.15, -0.1) is 0 Å². The Labute approximate surface area is 190 Å². The highest BCUT2D eigenvalue weighted by Gasteiger charge is 2.11. The average molecular weight is 439 g/mol. The molecule has 0 fully saturated rings. The molecule has 4 aromatic rings. The number of nitrogens with one attached hydrogen (secondary N) is 1. The van der Waals surface area contributed by atoms with Crippen molar-refractivity contribution in [2.75, 3.05) is 7.11 Å². The van der Waals surface area contributed by atoms with Crippen LogP contribution in [-0.4, -0.2) is 29.8 Å². The molecule has 3 aromatic carbocycles. The van der Waals surface area contributed by atoms with Crippen LogP contribution in [-0.2, 0) is 0 Å². The Bertz CT molecular complexity index is 1260. The molecule has 0 saturated carbocycles. The first-order valence-corrected chi connectivity index (χ1v) is 10.2. The lowest BCUT2D eigenvalue weighted by atomic mass is 10.1. The summed E-state index contributed by atoms with van der Waals surface area (Å²) in [6.07, 6.45) is 5.27. The van der Waals surface area contributed by atoms with Crippen LogP contribution in [0.3, 0.4) is 0 Å². The standard InChI is InChI=1S/C26H21N3O4/c1-32-21-14-10-20(11-15-21)26(31)33-22-12-8-19(9-13-22)18-27-28-25(30)23-6-2-3-7-24(23)29-16-4-5-17-29/h2-18H,1H3,(H,28,30)/b27-18+. The second kappa shape index (κ2) is 10.1. The quantitative estimate of drug-likeness (QED) is 0.199. The van der Waals surface area contributed by atoms with Crippen molar-refractivity contribution in [1.29, 1.82) is 0 Å². The van der Waals surface area contributed by atoms with E-state index in [9.17, 15) is 9.59 Å². The average Bonchev–Trinajstić information content (AvgIpc) is 3.40. The summed E-state index contributed by atoms with van der Waals surface area (Å²) in [5.41, 5.74) is 4.97. The third kappa shape index (κ3) is 5.34. The molecular formula is C26H21N3O4. The summed E-state index contributed by atoms with van der Waals surface area (Å²) < 4.78 is 12.3. The number of para-hydroxylation sites is 1. The van der Waals surface area contributed by atoms with E-state index in [-0.39, 0.29) is 5.91 Å². The van der Waals surface area contributed by atoms with Crippen molar-refractivity contribution in [3.05, 3.63) is 114 Å². The number of methoxy groups -OCH3 is 1. The van der Waals surface area contributed by atoms with Crippen LogP contribution in [0.4, 0.5) is 0 Å². The van der Waals surface area contributed by atoms with E-state index in [1.165, 1.54) is 6.21 Å². The molecule has 1 amide bonds. The van der Waals surface area contributed by atoms with Gasteiger partial charge in [0.2, 0.25) is 0 Å². The summed E-state index contributed by atoms with van der Waals surface area (Å²) in [5.74, 6) is 0.279. The van der Waals surface area contributed by atoms with Crippen molar-refractivity contribution in [2.45, 2.75) is 0 Å². The van der Waals surface area contributed by atoms with E-state index >= 15 is 0 Å². The lowest BCUT2D eigenvalue weighted by Crippen LogP contribution is -2.19. The van der Waals surface area contributed by atoms with Gasteiger partial charge in [-0.3, -0.25) is 4.79 Å². The molecule has 164 valence electrons. The van der Waals surface area contributed by atoms with Gasteiger partial charge in [-0.25, -0.2) is 10.2 Å². The van der Waals surface area contributed by atoms with E-state index in [1.807, 2.05) is 41.2 Å². The smallest absolute Gasteiger partial charge is 0.343 e. The molecule has 1 aromatic heterocycles. The molecule has 7 nitrogen and oxygen atoms in total. The molecule has 0 saturated heterocycles. The largest absolute Gasteiger partial charge is 0.497 e. The first-order valence-electron chi connectivity index (χ1n) is 10.2. The number of benzene rings is 3. The molecule has 0 spiro atoms. The zero-order chi connectivity index (χ0) is 23.0. The van der Waals surface area contributed by atoms with Crippen molar-refractivity contribution in [2.24, 2.45) is 5.10 Å². The summed E-state index contributed by atoms with van der Waals surface area (Å²) in [6, 6.07) is 24.5. The van der Waals surface area contributed by atoms with E-state index < -0.39 is 5.97 Å². The summed E-state index contributed by atoms with van der Waals surface area (Å²) in [4.78, 5) is 24.9. The van der Waals surface area contributed by atoms with Crippen molar-refractivity contribution in [3.63, 3.8) is 0 Å². The first-order chi connectivity index (χ1) is 16.1.